The molecular weight excluding hydrogens is 689 g/mol. The monoisotopic (exact) mass is 742 g/mol. The van der Waals surface area contributed by atoms with Crippen LogP contribution >= 0.6 is 0 Å². The van der Waals surface area contributed by atoms with Crippen molar-refractivity contribution in [2.24, 2.45) is 17.8 Å². The SMILES string of the molecule is CCCCC/C(C)=C/COC(=O)CC[C@@H]1/C2=C3/c4[n-]c(c(C)c4[C@H](O)[C@@H]3C(=O)OC)/C=c3\[n-]/c(c(C)c3CC)=C\c3[n-]c(c(C)c3CC)/C=C(\[N-]2)[C@H]1C.[Mg+2]. The van der Waals surface area contributed by atoms with E-state index in [9.17, 15) is 14.7 Å². The van der Waals surface area contributed by atoms with E-state index in [-0.39, 0.29) is 53.9 Å². The second-order valence-corrected chi connectivity index (χ2v) is 14.9. The number of ether oxygens (including phenoxy) is 2. The van der Waals surface area contributed by atoms with Crippen LogP contribution < -0.4 is 25.7 Å². The van der Waals surface area contributed by atoms with Gasteiger partial charge < -0.3 is 34.8 Å². The maximum atomic E-state index is 13.5. The van der Waals surface area contributed by atoms with E-state index in [4.69, 9.17) is 29.7 Å². The van der Waals surface area contributed by atoms with E-state index in [1.807, 2.05) is 25.2 Å². The van der Waals surface area contributed by atoms with E-state index in [1.54, 1.807) is 0 Å². The average molecular weight is 743 g/mol. The second-order valence-electron chi connectivity index (χ2n) is 14.9. The summed E-state index contributed by atoms with van der Waals surface area (Å²) in [4.78, 5) is 42.1. The molecule has 3 aromatic heterocycles. The van der Waals surface area contributed by atoms with E-state index in [1.165, 1.54) is 25.5 Å². The molecular formula is C44H54MgN4O5-2. The van der Waals surface area contributed by atoms with E-state index in [0.717, 1.165) is 81.3 Å². The Balaban J connectivity index is 0.00000561. The molecule has 0 spiro atoms. The molecule has 284 valence electrons. The smallest absolute Gasteiger partial charge is 0.664 e. The van der Waals surface area contributed by atoms with E-state index >= 15 is 0 Å². The molecule has 0 unspecified atom stereocenters. The van der Waals surface area contributed by atoms with Crippen molar-refractivity contribution in [3.63, 3.8) is 0 Å². The van der Waals surface area contributed by atoms with Crippen molar-refractivity contribution >= 4 is 58.8 Å². The third kappa shape index (κ3) is 7.71. The van der Waals surface area contributed by atoms with Crippen LogP contribution in [0, 0.1) is 38.5 Å². The van der Waals surface area contributed by atoms with Crippen molar-refractivity contribution in [1.29, 1.82) is 0 Å². The molecule has 9 nitrogen and oxygen atoms in total. The summed E-state index contributed by atoms with van der Waals surface area (Å²) < 4.78 is 11.0. The number of hydrogen-bond donors (Lipinski definition) is 1. The molecule has 0 radical (unpaired) electrons. The molecule has 10 heteroatoms. The predicted molar refractivity (Wildman–Crippen MR) is 214 cm³/mol. The van der Waals surface area contributed by atoms with Gasteiger partial charge in [0.2, 0.25) is 0 Å². The summed E-state index contributed by atoms with van der Waals surface area (Å²) in [6, 6.07) is 0. The van der Waals surface area contributed by atoms with Crippen molar-refractivity contribution in [2.75, 3.05) is 13.7 Å². The van der Waals surface area contributed by atoms with Gasteiger partial charge >= 0.3 is 35.0 Å². The number of aromatic nitrogens is 3. The van der Waals surface area contributed by atoms with Gasteiger partial charge in [-0.2, -0.15) is 11.4 Å². The summed E-state index contributed by atoms with van der Waals surface area (Å²) in [7, 11) is 1.34. The standard InChI is InChI=1S/C44H54N4O5.Mg/c1-10-13-14-15-23(4)18-19-53-37(49)17-16-30-26(7)33-20-31-24(5)28(11-2)35(45-31)21-32-25(6)29(12-3)36(46-32)22-34-27(8)38-42(48-34)39(41(30)47-33)40(43(38)50)44(51)52-9;/h18,20-22,26,30,40,43,50H,10-17,19H2,1-9H3;/q-4;+2/b23-18+,32-21-,33-20-,36-22-,41-39-;/t26-,30-,40+,43-;/m0./s1. The number of carbonyl (C=O) groups is 2. The third-order valence-corrected chi connectivity index (χ3v) is 11.7. The molecule has 1 saturated heterocycles. The normalized spacial score (nSPS) is 23.7. The first-order valence-electron chi connectivity index (χ1n) is 19.4. The summed E-state index contributed by atoms with van der Waals surface area (Å²) in [5, 5.41) is 18.9. The van der Waals surface area contributed by atoms with Gasteiger partial charge in [-0.15, -0.1) is 33.5 Å². The third-order valence-electron chi connectivity index (χ3n) is 11.7. The number of hydrogen-bond acceptors (Lipinski definition) is 5. The fraction of sp³-hybridized carbons (Fsp3) is 0.500. The summed E-state index contributed by atoms with van der Waals surface area (Å²) in [6.45, 7) is 17.0. The van der Waals surface area contributed by atoms with Gasteiger partial charge in [0, 0.05) is 6.42 Å². The summed E-state index contributed by atoms with van der Waals surface area (Å²) in [6.07, 6.45) is 13.7. The minimum absolute atomic E-state index is 0. The molecule has 2 aliphatic heterocycles. The van der Waals surface area contributed by atoms with Crippen LogP contribution in [0.4, 0.5) is 0 Å². The first-order chi connectivity index (χ1) is 25.4. The maximum absolute atomic E-state index is 13.5. The van der Waals surface area contributed by atoms with Crippen LogP contribution in [0.1, 0.15) is 135 Å². The molecule has 4 atom stereocenters. The van der Waals surface area contributed by atoms with Gasteiger partial charge in [0.1, 0.15) is 12.5 Å². The molecule has 0 amide bonds. The quantitative estimate of drug-likeness (QED) is 0.0995. The maximum Gasteiger partial charge on any atom is 2.00 e. The molecule has 0 saturated carbocycles. The molecule has 0 aromatic carbocycles. The van der Waals surface area contributed by atoms with E-state index in [0.29, 0.717) is 34.6 Å². The van der Waals surface area contributed by atoms with Gasteiger partial charge in [-0.05, 0) is 83.3 Å². The van der Waals surface area contributed by atoms with E-state index in [2.05, 4.69) is 54.5 Å². The summed E-state index contributed by atoms with van der Waals surface area (Å²) in [5.41, 5.74) is 12.1. The second kappa shape index (κ2) is 17.4. The number of aliphatic hydroxyl groups excluding tert-OH is 1. The van der Waals surface area contributed by atoms with Crippen molar-refractivity contribution in [3.05, 3.63) is 95.2 Å². The Morgan fingerprint density at radius 2 is 1.57 bits per heavy atom. The van der Waals surface area contributed by atoms with Crippen LogP contribution in [0.5, 0.6) is 0 Å². The molecule has 54 heavy (non-hydrogen) atoms. The number of esters is 2. The predicted octanol–water partition coefficient (Wildman–Crippen LogP) is 6.28. The first-order valence-corrected chi connectivity index (χ1v) is 19.4. The van der Waals surface area contributed by atoms with Gasteiger partial charge in [0.25, 0.3) is 0 Å². The first kappa shape index (κ1) is 41.4. The Morgan fingerprint density at radius 1 is 0.870 bits per heavy atom. The number of unbranched alkanes of at least 4 members (excludes halogenated alkanes) is 2. The van der Waals surface area contributed by atoms with Crippen LogP contribution in [0.15, 0.2) is 23.0 Å². The fourth-order valence-electron chi connectivity index (χ4n) is 8.44. The van der Waals surface area contributed by atoms with Crippen LogP contribution in [-0.4, -0.2) is 53.8 Å². The fourth-order valence-corrected chi connectivity index (χ4v) is 8.44. The Labute approximate surface area is 336 Å². The number of aliphatic hydroxyl groups is 1. The average Bonchev–Trinajstić information content (AvgIpc) is 3.87. The number of nitrogens with zero attached hydrogens (tertiary/aromatic N) is 4. The molecule has 1 N–H and O–H groups in total. The Bertz CT molecular complexity index is 2130. The number of rotatable bonds is 12. The molecule has 6 rings (SSSR count). The molecule has 3 aliphatic rings. The number of carbonyl (C=O) groups excluding carboxylic acids is 2. The molecule has 8 bridgehead atoms. The van der Waals surface area contributed by atoms with Crippen molar-refractivity contribution < 1.29 is 24.2 Å². The molecule has 3 aromatic rings. The zero-order chi connectivity index (χ0) is 38.1. The number of allylic oxidation sites excluding steroid dienone is 3. The summed E-state index contributed by atoms with van der Waals surface area (Å²) >= 11 is 0. The van der Waals surface area contributed by atoms with Crippen LogP contribution in [0.3, 0.4) is 0 Å². The Hall–Kier alpha value is -3.73. The van der Waals surface area contributed by atoms with Gasteiger partial charge in [0.15, 0.2) is 0 Å². The topological polar surface area (TPSA) is 129 Å². The number of fused-ring (bicyclic) bond motifs is 7. The van der Waals surface area contributed by atoms with Crippen molar-refractivity contribution in [1.82, 2.24) is 15.0 Å². The summed E-state index contributed by atoms with van der Waals surface area (Å²) in [5.74, 6) is -2.21. The largest absolute Gasteiger partial charge is 2.00 e. The van der Waals surface area contributed by atoms with Crippen molar-refractivity contribution in [3.8, 4) is 0 Å². The van der Waals surface area contributed by atoms with E-state index < -0.39 is 18.0 Å². The Morgan fingerprint density at radius 3 is 2.26 bits per heavy atom. The molecule has 1 fully saturated rings. The van der Waals surface area contributed by atoms with Crippen molar-refractivity contribution in [2.45, 2.75) is 113 Å². The van der Waals surface area contributed by atoms with Crippen LogP contribution in [-0.2, 0) is 31.9 Å². The molecule has 5 heterocycles. The zero-order valence-electron chi connectivity index (χ0n) is 33.6. The molecule has 1 aliphatic carbocycles. The van der Waals surface area contributed by atoms with Gasteiger partial charge in [-0.25, -0.2) is 0 Å². The minimum atomic E-state index is -1.16. The van der Waals surface area contributed by atoms with Gasteiger partial charge in [-0.1, -0.05) is 97.7 Å². The Kier molecular flexibility index (Phi) is 13.3. The zero-order valence-corrected chi connectivity index (χ0v) is 35.0. The number of methoxy groups -OCH3 is 1. The van der Waals surface area contributed by atoms with Gasteiger partial charge in [-0.3, -0.25) is 9.59 Å². The van der Waals surface area contributed by atoms with Crippen LogP contribution in [0.2, 0.25) is 0 Å². The van der Waals surface area contributed by atoms with Gasteiger partial charge in [0.05, 0.1) is 13.2 Å². The minimum Gasteiger partial charge on any atom is -0.664 e. The van der Waals surface area contributed by atoms with Crippen LogP contribution in [0.25, 0.3) is 29.1 Å².